The van der Waals surface area contributed by atoms with Gasteiger partial charge in [-0.15, -0.1) is 0 Å². The van der Waals surface area contributed by atoms with Gasteiger partial charge in [0.25, 0.3) is 0 Å². The van der Waals surface area contributed by atoms with Crippen molar-refractivity contribution in [3.63, 3.8) is 0 Å². The number of carboxylic acids is 2. The van der Waals surface area contributed by atoms with Crippen molar-refractivity contribution in [2.24, 2.45) is 22.2 Å². The number of likely N-dealkylation sites (N-methyl/N-ethyl adjacent to an activating group) is 1. The summed E-state index contributed by atoms with van der Waals surface area (Å²) in [5.41, 5.74) is 15.2. The van der Waals surface area contributed by atoms with E-state index in [1.54, 1.807) is 14.0 Å². The van der Waals surface area contributed by atoms with Crippen molar-refractivity contribution in [1.82, 2.24) is 5.32 Å². The van der Waals surface area contributed by atoms with E-state index >= 15 is 0 Å². The third-order valence-corrected chi connectivity index (χ3v) is 2.35. The molecule has 0 spiro atoms. The lowest BCUT2D eigenvalue weighted by molar-refractivity contribution is -0.140. The minimum atomic E-state index is -0.928. The summed E-state index contributed by atoms with van der Waals surface area (Å²) >= 11 is 0. The fourth-order valence-electron chi connectivity index (χ4n) is 1.07. The molecule has 0 unspecified atom stereocenters. The quantitative estimate of drug-likeness (QED) is 0.178. The Balaban J connectivity index is 0. The van der Waals surface area contributed by atoms with Gasteiger partial charge < -0.3 is 32.7 Å². The van der Waals surface area contributed by atoms with Crippen molar-refractivity contribution >= 4 is 17.9 Å². The fourth-order valence-corrected chi connectivity index (χ4v) is 1.07. The number of carbonyl (C=O) groups is 2. The molecule has 0 aliphatic rings. The first-order valence-corrected chi connectivity index (χ1v) is 6.20. The number of nitrogens with two attached hydrogens (primary N) is 3. The van der Waals surface area contributed by atoms with Crippen LogP contribution >= 0.6 is 0 Å². The van der Waals surface area contributed by atoms with Crippen LogP contribution in [0.25, 0.3) is 0 Å². The normalized spacial score (nSPS) is 12.6. The first-order valence-electron chi connectivity index (χ1n) is 6.20. The number of nitrogens with zero attached hydrogens (tertiary/aromatic N) is 1. The molecule has 0 aliphatic carbocycles. The highest BCUT2D eigenvalue weighted by Gasteiger charge is 2.13. The van der Waals surface area contributed by atoms with Gasteiger partial charge in [0.2, 0.25) is 0 Å². The molecule has 9 heteroatoms. The van der Waals surface area contributed by atoms with E-state index in [0.717, 1.165) is 0 Å². The van der Waals surface area contributed by atoms with Crippen molar-refractivity contribution < 1.29 is 19.8 Å². The minimum absolute atomic E-state index is 0.0383. The monoisotopic (exact) mass is 291 g/mol. The molecule has 0 amide bonds. The molecule has 20 heavy (non-hydrogen) atoms. The van der Waals surface area contributed by atoms with Gasteiger partial charge in [0.05, 0.1) is 0 Å². The zero-order valence-corrected chi connectivity index (χ0v) is 11.9. The Hall–Kier alpha value is -1.87. The average Bonchev–Trinajstić information content (AvgIpc) is 2.37. The molecule has 0 aromatic heterocycles. The molecule has 0 aromatic carbocycles. The van der Waals surface area contributed by atoms with Crippen LogP contribution in [0.1, 0.15) is 26.2 Å². The first kappa shape index (κ1) is 20.4. The highest BCUT2D eigenvalue weighted by molar-refractivity contribution is 5.75. The molecule has 9 N–H and O–H groups in total. The van der Waals surface area contributed by atoms with Crippen LogP contribution in [0.2, 0.25) is 0 Å². The fraction of sp³-hybridized carbons (Fsp3) is 0.727. The maximum atomic E-state index is 10.5. The summed E-state index contributed by atoms with van der Waals surface area (Å²) in [6, 6.07) is -1.20. The second kappa shape index (κ2) is 12.2. The molecule has 2 atom stereocenters. The summed E-state index contributed by atoms with van der Waals surface area (Å²) in [5, 5.41) is 19.4. The van der Waals surface area contributed by atoms with Crippen molar-refractivity contribution in [2.75, 3.05) is 13.6 Å². The molecule has 0 rings (SSSR count). The third-order valence-electron chi connectivity index (χ3n) is 2.35. The molecule has 0 fully saturated rings. The van der Waals surface area contributed by atoms with Gasteiger partial charge in [0, 0.05) is 6.54 Å². The summed E-state index contributed by atoms with van der Waals surface area (Å²) in [7, 11) is 1.61. The lowest BCUT2D eigenvalue weighted by Gasteiger charge is -2.09. The molecule has 0 saturated heterocycles. The zero-order chi connectivity index (χ0) is 16.1. The third kappa shape index (κ3) is 12.6. The van der Waals surface area contributed by atoms with Crippen molar-refractivity contribution in [3.8, 4) is 0 Å². The summed E-state index contributed by atoms with van der Waals surface area (Å²) < 4.78 is 0. The number of carboxylic acid groups (broad SMARTS) is 2. The van der Waals surface area contributed by atoms with Crippen LogP contribution in [0.3, 0.4) is 0 Å². The van der Waals surface area contributed by atoms with Crippen molar-refractivity contribution in [1.29, 1.82) is 0 Å². The van der Waals surface area contributed by atoms with Gasteiger partial charge in [-0.25, -0.2) is 0 Å². The molecule has 0 aliphatic heterocycles. The van der Waals surface area contributed by atoms with E-state index in [-0.39, 0.29) is 5.96 Å². The van der Waals surface area contributed by atoms with Crippen LogP contribution in [0.5, 0.6) is 0 Å². The van der Waals surface area contributed by atoms with Gasteiger partial charge in [-0.1, -0.05) is 6.92 Å². The van der Waals surface area contributed by atoms with E-state index in [9.17, 15) is 9.59 Å². The molecule has 0 aromatic rings. The maximum Gasteiger partial charge on any atom is 0.320 e. The number of nitrogens with one attached hydrogen (secondary N) is 1. The average molecular weight is 291 g/mol. The van der Waals surface area contributed by atoms with Gasteiger partial charge in [0.15, 0.2) is 5.96 Å². The summed E-state index contributed by atoms with van der Waals surface area (Å²) in [4.78, 5) is 24.1. The Morgan fingerprint density at radius 1 is 1.25 bits per heavy atom. The molecule has 0 heterocycles. The Morgan fingerprint density at radius 3 is 2.05 bits per heavy atom. The maximum absolute atomic E-state index is 10.5. The lowest BCUT2D eigenvalue weighted by Crippen LogP contribution is -2.33. The SMILES string of the molecule is CC[C@@H](N)C(=O)O.CN[C@@H](CCCN=C(N)N)C(=O)O. The van der Waals surface area contributed by atoms with Crippen LogP contribution in [0, 0.1) is 0 Å². The van der Waals surface area contributed by atoms with Crippen molar-refractivity contribution in [2.45, 2.75) is 38.3 Å². The van der Waals surface area contributed by atoms with Crippen LogP contribution in [-0.2, 0) is 9.59 Å². The van der Waals surface area contributed by atoms with E-state index in [1.807, 2.05) is 0 Å². The minimum Gasteiger partial charge on any atom is -0.480 e. The van der Waals surface area contributed by atoms with Crippen molar-refractivity contribution in [3.05, 3.63) is 0 Å². The summed E-state index contributed by atoms with van der Waals surface area (Å²) in [5.74, 6) is -1.74. The van der Waals surface area contributed by atoms with E-state index in [4.69, 9.17) is 27.4 Å². The van der Waals surface area contributed by atoms with Crippen LogP contribution < -0.4 is 22.5 Å². The van der Waals surface area contributed by atoms with E-state index in [2.05, 4.69) is 10.3 Å². The zero-order valence-electron chi connectivity index (χ0n) is 11.9. The second-order valence-corrected chi connectivity index (χ2v) is 3.98. The number of aliphatic imine (C=N–C) groups is 1. The molecule has 0 radical (unpaired) electrons. The van der Waals surface area contributed by atoms with Gasteiger partial charge in [-0.05, 0) is 26.3 Å². The number of aliphatic carboxylic acids is 2. The van der Waals surface area contributed by atoms with Crippen LogP contribution in [0.15, 0.2) is 4.99 Å². The standard InChI is InChI=1S/C7H16N4O2.C4H9NO2/c1-10-5(6(12)13)3-2-4-11-7(8)9;1-2-3(5)4(6)7/h5,10H,2-4H2,1H3,(H,12,13)(H4,8,9,11);3H,2,5H2,1H3,(H,6,7)/t5-;3-/m01/s1. The highest BCUT2D eigenvalue weighted by atomic mass is 16.4. The topological polar surface area (TPSA) is 177 Å². The summed E-state index contributed by atoms with van der Waals surface area (Å²) in [6.45, 7) is 2.20. The molecule has 9 nitrogen and oxygen atoms in total. The number of guanidine groups is 1. The first-order chi connectivity index (χ1) is 9.26. The van der Waals surface area contributed by atoms with Gasteiger partial charge in [-0.2, -0.15) is 0 Å². The van der Waals surface area contributed by atoms with Gasteiger partial charge in [0.1, 0.15) is 12.1 Å². The van der Waals surface area contributed by atoms with Gasteiger partial charge in [-0.3, -0.25) is 14.6 Å². The second-order valence-electron chi connectivity index (χ2n) is 3.98. The van der Waals surface area contributed by atoms with Crippen LogP contribution in [0.4, 0.5) is 0 Å². The Kier molecular flexibility index (Phi) is 12.5. The van der Waals surface area contributed by atoms with Gasteiger partial charge >= 0.3 is 11.9 Å². The molecular formula is C11H25N5O4. The Bertz CT molecular complexity index is 318. The van der Waals surface area contributed by atoms with E-state index in [1.165, 1.54) is 0 Å². The van der Waals surface area contributed by atoms with Crippen LogP contribution in [-0.4, -0.2) is 53.8 Å². The highest BCUT2D eigenvalue weighted by Crippen LogP contribution is 1.97. The lowest BCUT2D eigenvalue weighted by atomic mass is 10.1. The Labute approximate surface area is 118 Å². The predicted octanol–water partition coefficient (Wildman–Crippen LogP) is -1.48. The van der Waals surface area contributed by atoms with E-state index < -0.39 is 24.0 Å². The van der Waals surface area contributed by atoms with E-state index in [0.29, 0.717) is 25.8 Å². The molecule has 118 valence electrons. The number of hydrogen-bond acceptors (Lipinski definition) is 5. The largest absolute Gasteiger partial charge is 0.480 e. The molecule has 0 saturated carbocycles. The molecular weight excluding hydrogens is 266 g/mol. The molecule has 0 bridgehead atoms. The number of rotatable bonds is 8. The smallest absolute Gasteiger partial charge is 0.320 e. The predicted molar refractivity (Wildman–Crippen MR) is 76.3 cm³/mol. The Morgan fingerprint density at radius 2 is 1.80 bits per heavy atom. The summed E-state index contributed by atoms with van der Waals surface area (Å²) in [6.07, 6.45) is 1.66. The number of hydrogen-bond donors (Lipinski definition) is 6.